The van der Waals surface area contributed by atoms with Crippen molar-refractivity contribution in [2.75, 3.05) is 13.7 Å². The first-order valence-corrected chi connectivity index (χ1v) is 8.94. The van der Waals surface area contributed by atoms with E-state index >= 15 is 0 Å². The van der Waals surface area contributed by atoms with Crippen LogP contribution in [0.4, 0.5) is 9.18 Å². The van der Waals surface area contributed by atoms with Crippen molar-refractivity contribution in [3.05, 3.63) is 65.0 Å². The van der Waals surface area contributed by atoms with Gasteiger partial charge in [0.15, 0.2) is 0 Å². The summed E-state index contributed by atoms with van der Waals surface area (Å²) in [4.78, 5) is 38.2. The van der Waals surface area contributed by atoms with Gasteiger partial charge in [0, 0.05) is 5.56 Å². The van der Waals surface area contributed by atoms with E-state index in [0.29, 0.717) is 16.9 Å². The number of ether oxygens (including phenoxy) is 2. The number of nitrogens with one attached hydrogen (secondary N) is 1. The highest BCUT2D eigenvalue weighted by Crippen LogP contribution is 2.29. The molecular formula is C21H21FN2O5. The van der Waals surface area contributed by atoms with Crippen LogP contribution in [0.5, 0.6) is 5.75 Å². The van der Waals surface area contributed by atoms with Gasteiger partial charge in [0.25, 0.3) is 5.91 Å². The minimum Gasteiger partial charge on any atom is -0.496 e. The van der Waals surface area contributed by atoms with Crippen LogP contribution in [0.15, 0.2) is 42.5 Å². The van der Waals surface area contributed by atoms with Gasteiger partial charge in [-0.25, -0.2) is 9.18 Å². The molecule has 3 rings (SSSR count). The zero-order chi connectivity index (χ0) is 21.2. The topological polar surface area (TPSA) is 84.9 Å². The van der Waals surface area contributed by atoms with Crippen molar-refractivity contribution in [2.45, 2.75) is 26.0 Å². The average molecular weight is 400 g/mol. The summed E-state index contributed by atoms with van der Waals surface area (Å²) in [6, 6.07) is 10.3. The lowest BCUT2D eigenvalue weighted by Gasteiger charge is -2.22. The van der Waals surface area contributed by atoms with Crippen LogP contribution in [-0.2, 0) is 26.5 Å². The molecule has 0 aliphatic carbocycles. The van der Waals surface area contributed by atoms with E-state index in [0.717, 1.165) is 10.5 Å². The number of aryl methyl sites for hydroxylation is 1. The van der Waals surface area contributed by atoms with Crippen LogP contribution >= 0.6 is 0 Å². The van der Waals surface area contributed by atoms with E-state index in [4.69, 9.17) is 9.47 Å². The molecule has 3 amide bonds. The Kier molecular flexibility index (Phi) is 5.54. The third kappa shape index (κ3) is 4.06. The van der Waals surface area contributed by atoms with Crippen LogP contribution in [0.1, 0.15) is 23.6 Å². The van der Waals surface area contributed by atoms with Crippen molar-refractivity contribution in [3.8, 4) is 5.75 Å². The first-order valence-electron chi connectivity index (χ1n) is 8.94. The summed E-state index contributed by atoms with van der Waals surface area (Å²) in [5.41, 5.74) is 0.698. The molecule has 1 saturated heterocycles. The SMILES string of the molecule is COc1ccc(F)cc1COC(=O)CN1C(=O)N[C@@](C)(c2ccc(C)cc2)C1=O. The quantitative estimate of drug-likeness (QED) is 0.595. The minimum absolute atomic E-state index is 0.251. The Morgan fingerprint density at radius 1 is 1.17 bits per heavy atom. The summed E-state index contributed by atoms with van der Waals surface area (Å²) < 4.78 is 23.6. The number of nitrogens with zero attached hydrogens (tertiary/aromatic N) is 1. The molecule has 1 aliphatic rings. The summed E-state index contributed by atoms with van der Waals surface area (Å²) in [5, 5.41) is 2.63. The van der Waals surface area contributed by atoms with Gasteiger partial charge in [0.2, 0.25) is 0 Å². The van der Waals surface area contributed by atoms with Crippen molar-refractivity contribution >= 4 is 17.9 Å². The van der Waals surface area contributed by atoms with Gasteiger partial charge >= 0.3 is 12.0 Å². The van der Waals surface area contributed by atoms with E-state index in [-0.39, 0.29) is 6.61 Å². The van der Waals surface area contributed by atoms with E-state index in [1.54, 1.807) is 19.1 Å². The van der Waals surface area contributed by atoms with Gasteiger partial charge in [-0.1, -0.05) is 29.8 Å². The number of carbonyl (C=O) groups is 3. The maximum Gasteiger partial charge on any atom is 0.326 e. The Morgan fingerprint density at radius 2 is 1.86 bits per heavy atom. The van der Waals surface area contributed by atoms with Crippen LogP contribution < -0.4 is 10.1 Å². The molecule has 152 valence electrons. The van der Waals surface area contributed by atoms with Gasteiger partial charge in [-0.2, -0.15) is 0 Å². The third-order valence-corrected chi connectivity index (χ3v) is 4.82. The second-order valence-corrected chi connectivity index (χ2v) is 6.93. The van der Waals surface area contributed by atoms with Gasteiger partial charge in [-0.3, -0.25) is 14.5 Å². The largest absolute Gasteiger partial charge is 0.496 e. The van der Waals surface area contributed by atoms with Gasteiger partial charge in [0.05, 0.1) is 7.11 Å². The van der Waals surface area contributed by atoms with Gasteiger partial charge in [0.1, 0.15) is 30.3 Å². The van der Waals surface area contributed by atoms with Crippen molar-refractivity contribution < 1.29 is 28.2 Å². The number of hydrogen-bond acceptors (Lipinski definition) is 5. The fraction of sp³-hybridized carbons (Fsp3) is 0.286. The Labute approximate surface area is 167 Å². The maximum absolute atomic E-state index is 13.4. The van der Waals surface area contributed by atoms with Crippen LogP contribution in [0.2, 0.25) is 0 Å². The molecule has 1 heterocycles. The van der Waals surface area contributed by atoms with E-state index < -0.39 is 35.8 Å². The number of imide groups is 1. The number of hydrogen-bond donors (Lipinski definition) is 1. The molecule has 0 aromatic heterocycles. The number of rotatable bonds is 6. The van der Waals surface area contributed by atoms with E-state index in [1.165, 1.54) is 25.3 Å². The lowest BCUT2D eigenvalue weighted by Crippen LogP contribution is -2.41. The standard InChI is InChI=1S/C21H21FN2O5/c1-13-4-6-15(7-5-13)21(2)19(26)24(20(27)23-21)11-18(25)29-12-14-10-16(22)8-9-17(14)28-3/h4-10H,11-12H2,1-3H3,(H,23,27)/t21-/m0/s1. The number of carbonyl (C=O) groups excluding carboxylic acids is 3. The number of halogens is 1. The Morgan fingerprint density at radius 3 is 2.52 bits per heavy atom. The van der Waals surface area contributed by atoms with Crippen molar-refractivity contribution in [1.29, 1.82) is 0 Å². The lowest BCUT2D eigenvalue weighted by molar-refractivity contribution is -0.148. The second-order valence-electron chi connectivity index (χ2n) is 6.93. The van der Waals surface area contributed by atoms with E-state index in [2.05, 4.69) is 5.32 Å². The van der Waals surface area contributed by atoms with E-state index in [1.807, 2.05) is 19.1 Å². The second kappa shape index (κ2) is 7.90. The summed E-state index contributed by atoms with van der Waals surface area (Å²) >= 11 is 0. The lowest BCUT2D eigenvalue weighted by atomic mass is 9.91. The molecule has 1 N–H and O–H groups in total. The van der Waals surface area contributed by atoms with Crippen molar-refractivity contribution in [3.63, 3.8) is 0 Å². The number of urea groups is 1. The molecule has 8 heteroatoms. The number of methoxy groups -OCH3 is 1. The Bertz CT molecular complexity index is 960. The molecule has 0 unspecified atom stereocenters. The number of amides is 3. The van der Waals surface area contributed by atoms with Gasteiger partial charge in [-0.05, 0) is 37.6 Å². The normalized spacial score (nSPS) is 18.6. The van der Waals surface area contributed by atoms with Crippen molar-refractivity contribution in [2.24, 2.45) is 0 Å². The molecule has 7 nitrogen and oxygen atoms in total. The molecular weight excluding hydrogens is 379 g/mol. The molecule has 29 heavy (non-hydrogen) atoms. The fourth-order valence-electron chi connectivity index (χ4n) is 3.12. The third-order valence-electron chi connectivity index (χ3n) is 4.82. The smallest absolute Gasteiger partial charge is 0.326 e. The van der Waals surface area contributed by atoms with Crippen LogP contribution in [0, 0.1) is 12.7 Å². The summed E-state index contributed by atoms with van der Waals surface area (Å²) in [6.07, 6.45) is 0. The molecule has 1 fully saturated rings. The zero-order valence-electron chi connectivity index (χ0n) is 16.3. The first kappa shape index (κ1) is 20.3. The maximum atomic E-state index is 13.4. The molecule has 0 spiro atoms. The Hall–Kier alpha value is -3.42. The highest BCUT2D eigenvalue weighted by molar-refractivity contribution is 6.08. The highest BCUT2D eigenvalue weighted by atomic mass is 19.1. The summed E-state index contributed by atoms with van der Waals surface area (Å²) in [5.74, 6) is -1.49. The van der Waals surface area contributed by atoms with Crippen LogP contribution in [0.25, 0.3) is 0 Å². The predicted octanol–water partition coefficient (Wildman–Crippen LogP) is 2.65. The molecule has 1 atom stereocenters. The van der Waals surface area contributed by atoms with E-state index in [9.17, 15) is 18.8 Å². The molecule has 0 bridgehead atoms. The Balaban J connectivity index is 1.68. The van der Waals surface area contributed by atoms with Crippen LogP contribution in [-0.4, -0.2) is 36.5 Å². The molecule has 2 aromatic carbocycles. The highest BCUT2D eigenvalue weighted by Gasteiger charge is 2.49. The van der Waals surface area contributed by atoms with Gasteiger partial charge < -0.3 is 14.8 Å². The average Bonchev–Trinajstić information content (AvgIpc) is 2.91. The molecule has 1 aliphatic heterocycles. The predicted molar refractivity (Wildman–Crippen MR) is 102 cm³/mol. The molecule has 0 radical (unpaired) electrons. The number of esters is 1. The van der Waals surface area contributed by atoms with Crippen molar-refractivity contribution in [1.82, 2.24) is 10.2 Å². The van der Waals surface area contributed by atoms with Crippen LogP contribution in [0.3, 0.4) is 0 Å². The number of benzene rings is 2. The van der Waals surface area contributed by atoms with Gasteiger partial charge in [-0.15, -0.1) is 0 Å². The zero-order valence-corrected chi connectivity index (χ0v) is 16.3. The first-order chi connectivity index (χ1) is 13.7. The molecule has 0 saturated carbocycles. The summed E-state index contributed by atoms with van der Waals surface area (Å²) in [7, 11) is 1.41. The summed E-state index contributed by atoms with van der Waals surface area (Å²) in [6.45, 7) is 2.69. The monoisotopic (exact) mass is 400 g/mol. The minimum atomic E-state index is -1.27. The molecule has 2 aromatic rings. The fourth-order valence-corrected chi connectivity index (χ4v) is 3.12.